The predicted molar refractivity (Wildman–Crippen MR) is 95.6 cm³/mol. The number of aromatic nitrogens is 1. The van der Waals surface area contributed by atoms with Crippen LogP contribution in [0.5, 0.6) is 0 Å². The summed E-state index contributed by atoms with van der Waals surface area (Å²) < 4.78 is 5.19. The van der Waals surface area contributed by atoms with E-state index in [0.29, 0.717) is 16.7 Å². The Morgan fingerprint density at radius 2 is 2.00 bits per heavy atom. The molecule has 0 aromatic carbocycles. The van der Waals surface area contributed by atoms with Crippen LogP contribution in [0.2, 0.25) is 0 Å². The van der Waals surface area contributed by atoms with E-state index in [1.54, 1.807) is 0 Å². The van der Waals surface area contributed by atoms with E-state index in [4.69, 9.17) is 4.52 Å². The minimum absolute atomic E-state index is 0.471. The smallest absolute Gasteiger partial charge is 0.127 e. The van der Waals surface area contributed by atoms with Gasteiger partial charge in [0.15, 0.2) is 0 Å². The van der Waals surface area contributed by atoms with E-state index in [0.717, 1.165) is 17.8 Å². The lowest BCUT2D eigenvalue weighted by Gasteiger charge is -2.58. The van der Waals surface area contributed by atoms with Gasteiger partial charge in [0.2, 0.25) is 0 Å². The van der Waals surface area contributed by atoms with Gasteiger partial charge in [-0.25, -0.2) is 0 Å². The molecule has 0 N–H and O–H groups in total. The third-order valence-corrected chi connectivity index (χ3v) is 8.88. The predicted octanol–water partition coefficient (Wildman–Crippen LogP) is 6.11. The van der Waals surface area contributed by atoms with Gasteiger partial charge < -0.3 is 4.52 Å². The van der Waals surface area contributed by atoms with Crippen molar-refractivity contribution in [2.24, 2.45) is 28.6 Å². The van der Waals surface area contributed by atoms with Crippen molar-refractivity contribution in [1.29, 1.82) is 0 Å². The van der Waals surface area contributed by atoms with E-state index in [2.05, 4.69) is 25.1 Å². The molecule has 0 amide bonds. The van der Waals surface area contributed by atoms with Crippen molar-refractivity contribution in [3.8, 4) is 0 Å². The fraction of sp³-hybridized carbons (Fsp3) is 0.773. The zero-order valence-electron chi connectivity index (χ0n) is 15.3. The molecule has 6 atom stereocenters. The van der Waals surface area contributed by atoms with Crippen LogP contribution in [-0.4, -0.2) is 5.16 Å². The summed E-state index contributed by atoms with van der Waals surface area (Å²) in [7, 11) is 0. The van der Waals surface area contributed by atoms with Gasteiger partial charge in [-0.2, -0.15) is 0 Å². The summed E-state index contributed by atoms with van der Waals surface area (Å²) in [4.78, 5) is 0. The van der Waals surface area contributed by atoms with Crippen molar-refractivity contribution < 1.29 is 4.52 Å². The first-order valence-electron chi connectivity index (χ1n) is 10.2. The molecule has 1 aromatic rings. The summed E-state index contributed by atoms with van der Waals surface area (Å²) in [5.74, 6) is 3.48. The third-order valence-electron chi connectivity index (χ3n) is 8.88. The maximum Gasteiger partial charge on any atom is 0.127 e. The van der Waals surface area contributed by atoms with Crippen LogP contribution < -0.4 is 0 Å². The molecule has 4 aliphatic carbocycles. The molecular weight excluding hydrogens is 294 g/mol. The summed E-state index contributed by atoms with van der Waals surface area (Å²) in [6.45, 7) is 5.21. The molecule has 1 aromatic heterocycles. The van der Waals surface area contributed by atoms with Crippen LogP contribution in [0.15, 0.2) is 28.6 Å². The summed E-state index contributed by atoms with van der Waals surface area (Å²) in [6.07, 6.45) is 19.1. The maximum atomic E-state index is 5.19. The Bertz CT molecular complexity index is 647. The van der Waals surface area contributed by atoms with E-state index in [1.165, 1.54) is 63.4 Å². The SMILES string of the molecule is C[C@]12CC[C@H]3[C@@H](CCC4=CCCC[C@@]43C)[C@@H]1CC[C@@H]2c1cnoc1. The van der Waals surface area contributed by atoms with Crippen molar-refractivity contribution in [1.82, 2.24) is 5.16 Å². The first-order chi connectivity index (χ1) is 11.6. The zero-order chi connectivity index (χ0) is 16.4. The summed E-state index contributed by atoms with van der Waals surface area (Å²) in [5, 5.41) is 4.00. The van der Waals surface area contributed by atoms with Gasteiger partial charge in [0, 0.05) is 5.56 Å². The van der Waals surface area contributed by atoms with Crippen LogP contribution in [0.1, 0.15) is 83.1 Å². The van der Waals surface area contributed by atoms with Gasteiger partial charge in [0.1, 0.15) is 6.26 Å². The number of fused-ring (bicyclic) bond motifs is 5. The Morgan fingerprint density at radius 3 is 2.83 bits per heavy atom. The number of allylic oxidation sites excluding steroid dienone is 2. The van der Waals surface area contributed by atoms with Gasteiger partial charge in [-0.05, 0) is 92.3 Å². The second-order valence-corrected chi connectivity index (χ2v) is 9.59. The average molecular weight is 325 g/mol. The first kappa shape index (κ1) is 15.2. The van der Waals surface area contributed by atoms with Crippen molar-refractivity contribution in [2.45, 2.75) is 77.6 Å². The van der Waals surface area contributed by atoms with Crippen molar-refractivity contribution in [2.75, 3.05) is 0 Å². The average Bonchev–Trinajstić information content (AvgIpc) is 3.20. The second-order valence-electron chi connectivity index (χ2n) is 9.59. The molecule has 2 heteroatoms. The Balaban J connectivity index is 1.48. The quantitative estimate of drug-likeness (QED) is 0.582. The molecule has 0 radical (unpaired) electrons. The van der Waals surface area contributed by atoms with E-state index >= 15 is 0 Å². The molecule has 0 aliphatic heterocycles. The minimum atomic E-state index is 0.471. The number of rotatable bonds is 1. The third kappa shape index (κ3) is 1.92. The van der Waals surface area contributed by atoms with E-state index in [-0.39, 0.29) is 0 Å². The highest BCUT2D eigenvalue weighted by Crippen LogP contribution is 2.68. The van der Waals surface area contributed by atoms with Crippen LogP contribution in [0.3, 0.4) is 0 Å². The van der Waals surface area contributed by atoms with Crippen LogP contribution in [0.4, 0.5) is 0 Å². The topological polar surface area (TPSA) is 26.0 Å². The Hall–Kier alpha value is -1.05. The summed E-state index contributed by atoms with van der Waals surface area (Å²) >= 11 is 0. The fourth-order valence-electron chi connectivity index (χ4n) is 7.69. The normalized spacial score (nSPS) is 47.5. The van der Waals surface area contributed by atoms with Gasteiger partial charge in [0.05, 0.1) is 6.20 Å². The van der Waals surface area contributed by atoms with E-state index < -0.39 is 0 Å². The second kappa shape index (κ2) is 5.22. The summed E-state index contributed by atoms with van der Waals surface area (Å²) in [6, 6.07) is 0. The monoisotopic (exact) mass is 325 g/mol. The van der Waals surface area contributed by atoms with Gasteiger partial charge in [-0.3, -0.25) is 0 Å². The molecule has 3 fully saturated rings. The Kier molecular flexibility index (Phi) is 3.31. The van der Waals surface area contributed by atoms with Crippen LogP contribution in [0.25, 0.3) is 0 Å². The lowest BCUT2D eigenvalue weighted by Crippen LogP contribution is -2.49. The maximum absolute atomic E-state index is 5.19. The first-order valence-corrected chi connectivity index (χ1v) is 10.2. The van der Waals surface area contributed by atoms with Crippen LogP contribution in [-0.2, 0) is 0 Å². The molecule has 130 valence electrons. The largest absolute Gasteiger partial charge is 0.364 e. The lowest BCUT2D eigenvalue weighted by atomic mass is 9.47. The lowest BCUT2D eigenvalue weighted by molar-refractivity contribution is -0.0415. The van der Waals surface area contributed by atoms with Crippen LogP contribution >= 0.6 is 0 Å². The zero-order valence-corrected chi connectivity index (χ0v) is 15.3. The fourth-order valence-corrected chi connectivity index (χ4v) is 7.69. The standard InChI is InChI=1S/C22H31NO/c1-21-11-4-3-5-16(21)6-7-17-19-9-8-18(15-13-23-24-14-15)22(19,2)12-10-20(17)21/h5,13-14,17-20H,3-4,6-12H2,1-2H3/t17-,18+,19-,20-,21-,22+/m0/s1. The summed E-state index contributed by atoms with van der Waals surface area (Å²) in [5.41, 5.74) is 4.18. The molecule has 4 aliphatic rings. The van der Waals surface area contributed by atoms with Gasteiger partial charge in [-0.15, -0.1) is 0 Å². The molecule has 1 heterocycles. The van der Waals surface area contributed by atoms with Gasteiger partial charge >= 0.3 is 0 Å². The van der Waals surface area contributed by atoms with Crippen molar-refractivity contribution >= 4 is 0 Å². The number of nitrogens with zero attached hydrogens (tertiary/aromatic N) is 1. The molecule has 3 saturated carbocycles. The van der Waals surface area contributed by atoms with Gasteiger partial charge in [0.25, 0.3) is 0 Å². The van der Waals surface area contributed by atoms with Crippen molar-refractivity contribution in [3.05, 3.63) is 29.7 Å². The van der Waals surface area contributed by atoms with E-state index in [9.17, 15) is 0 Å². The van der Waals surface area contributed by atoms with Crippen molar-refractivity contribution in [3.63, 3.8) is 0 Å². The molecule has 0 spiro atoms. The highest BCUT2D eigenvalue weighted by molar-refractivity contribution is 5.26. The Labute approximate surface area is 146 Å². The Morgan fingerprint density at radius 1 is 1.08 bits per heavy atom. The molecule has 0 saturated heterocycles. The molecule has 2 nitrogen and oxygen atoms in total. The molecule has 0 unspecified atom stereocenters. The molecular formula is C22H31NO. The molecule has 24 heavy (non-hydrogen) atoms. The van der Waals surface area contributed by atoms with Crippen LogP contribution in [0, 0.1) is 28.6 Å². The number of hydrogen-bond acceptors (Lipinski definition) is 2. The highest BCUT2D eigenvalue weighted by Gasteiger charge is 2.58. The highest BCUT2D eigenvalue weighted by atomic mass is 16.5. The number of hydrogen-bond donors (Lipinski definition) is 0. The minimum Gasteiger partial charge on any atom is -0.364 e. The molecule has 0 bridgehead atoms. The van der Waals surface area contributed by atoms with Gasteiger partial charge in [-0.1, -0.05) is 30.7 Å². The van der Waals surface area contributed by atoms with E-state index in [1.807, 2.05) is 18.0 Å². The molecule has 5 rings (SSSR count).